The van der Waals surface area contributed by atoms with Gasteiger partial charge < -0.3 is 15.0 Å². The van der Waals surface area contributed by atoms with E-state index in [1.165, 1.54) is 38.6 Å². The zero-order valence-corrected chi connectivity index (χ0v) is 13.6. The zero-order valence-electron chi connectivity index (χ0n) is 13.6. The highest BCUT2D eigenvalue weighted by Crippen LogP contribution is 2.35. The Morgan fingerprint density at radius 3 is 2.45 bits per heavy atom. The second-order valence-corrected chi connectivity index (χ2v) is 6.66. The Bertz CT molecular complexity index is 258. The summed E-state index contributed by atoms with van der Waals surface area (Å²) in [5, 5.41) is 3.72. The lowest BCUT2D eigenvalue weighted by molar-refractivity contribution is 0.0541. The summed E-state index contributed by atoms with van der Waals surface area (Å²) in [6.07, 6.45) is 6.72. The molecular formula is C16H33N3O. The molecule has 2 aliphatic rings. The molecule has 0 amide bonds. The molecule has 4 nitrogen and oxygen atoms in total. The minimum atomic E-state index is 0.762. The molecule has 0 aliphatic carbocycles. The van der Waals surface area contributed by atoms with E-state index in [-0.39, 0.29) is 0 Å². The second-order valence-electron chi connectivity index (χ2n) is 6.66. The van der Waals surface area contributed by atoms with Crippen LogP contribution in [0.1, 0.15) is 39.0 Å². The maximum absolute atomic E-state index is 5.76. The van der Waals surface area contributed by atoms with Crippen LogP contribution in [0.25, 0.3) is 0 Å². The van der Waals surface area contributed by atoms with Crippen LogP contribution < -0.4 is 5.32 Å². The van der Waals surface area contributed by atoms with Gasteiger partial charge in [0.1, 0.15) is 0 Å². The molecule has 0 spiro atoms. The molecule has 2 rings (SSSR count). The molecule has 20 heavy (non-hydrogen) atoms. The van der Waals surface area contributed by atoms with E-state index >= 15 is 0 Å². The lowest BCUT2D eigenvalue weighted by Gasteiger charge is -2.39. The van der Waals surface area contributed by atoms with Crippen molar-refractivity contribution in [1.82, 2.24) is 15.1 Å². The molecule has 4 heteroatoms. The minimum Gasteiger partial charge on any atom is -0.379 e. The Labute approximate surface area is 124 Å². The summed E-state index contributed by atoms with van der Waals surface area (Å²) in [4.78, 5) is 4.90. The smallest absolute Gasteiger partial charge is 0.0594 e. The third-order valence-corrected chi connectivity index (χ3v) is 4.74. The molecule has 1 N–H and O–H groups in total. The topological polar surface area (TPSA) is 27.7 Å². The average Bonchev–Trinajstić information content (AvgIpc) is 2.66. The van der Waals surface area contributed by atoms with E-state index in [4.69, 9.17) is 4.74 Å². The van der Waals surface area contributed by atoms with Gasteiger partial charge in [0.25, 0.3) is 0 Å². The predicted molar refractivity (Wildman–Crippen MR) is 84.2 cm³/mol. The summed E-state index contributed by atoms with van der Waals surface area (Å²) >= 11 is 0. The van der Waals surface area contributed by atoms with Crippen molar-refractivity contribution in [1.29, 1.82) is 0 Å². The van der Waals surface area contributed by atoms with Crippen molar-refractivity contribution >= 4 is 0 Å². The summed E-state index contributed by atoms with van der Waals surface area (Å²) in [6, 6.07) is 2.37. The van der Waals surface area contributed by atoms with Gasteiger partial charge in [0, 0.05) is 31.2 Å². The van der Waals surface area contributed by atoms with E-state index < -0.39 is 0 Å². The van der Waals surface area contributed by atoms with E-state index in [0.29, 0.717) is 0 Å². The van der Waals surface area contributed by atoms with Gasteiger partial charge in [0.05, 0.1) is 13.2 Å². The van der Waals surface area contributed by atoms with Crippen molar-refractivity contribution in [3.63, 3.8) is 0 Å². The Balaban J connectivity index is 1.65. The van der Waals surface area contributed by atoms with Gasteiger partial charge in [-0.1, -0.05) is 6.92 Å². The number of ether oxygens (including phenoxy) is 1. The van der Waals surface area contributed by atoms with Gasteiger partial charge in [-0.3, -0.25) is 4.90 Å². The largest absolute Gasteiger partial charge is 0.379 e. The highest BCUT2D eigenvalue weighted by molar-refractivity contribution is 4.97. The van der Waals surface area contributed by atoms with Gasteiger partial charge in [-0.15, -0.1) is 0 Å². The molecule has 2 unspecified atom stereocenters. The monoisotopic (exact) mass is 283 g/mol. The van der Waals surface area contributed by atoms with Crippen molar-refractivity contribution in [3.05, 3.63) is 0 Å². The fourth-order valence-corrected chi connectivity index (χ4v) is 3.67. The van der Waals surface area contributed by atoms with E-state index in [0.717, 1.165) is 44.4 Å². The summed E-state index contributed by atoms with van der Waals surface area (Å²) in [7, 11) is 4.19. The Morgan fingerprint density at radius 1 is 1.15 bits per heavy atom. The molecule has 0 aromatic heterocycles. The number of rotatable bonds is 9. The Kier molecular flexibility index (Phi) is 6.75. The number of nitrogens with one attached hydrogen (secondary N) is 1. The predicted octanol–water partition coefficient (Wildman–Crippen LogP) is 1.56. The number of fused-ring (bicyclic) bond motifs is 2. The maximum atomic E-state index is 5.76. The third-order valence-electron chi connectivity index (χ3n) is 4.74. The number of hydrogen-bond acceptors (Lipinski definition) is 4. The summed E-state index contributed by atoms with van der Waals surface area (Å²) in [6.45, 7) is 7.34. The molecule has 2 bridgehead atoms. The SMILES string of the molecule is CCCNC1CC2CCC(C1)N2CCOCCN(C)C. The van der Waals surface area contributed by atoms with Crippen LogP contribution in [0.3, 0.4) is 0 Å². The number of hydrogen-bond donors (Lipinski definition) is 1. The first-order valence-electron chi connectivity index (χ1n) is 8.42. The minimum absolute atomic E-state index is 0.762. The standard InChI is InChI=1S/C16H33N3O/c1-4-7-17-14-12-15-5-6-16(13-14)19(15)9-11-20-10-8-18(2)3/h14-17H,4-13H2,1-3H3. The molecule has 0 radical (unpaired) electrons. The molecule has 2 saturated heterocycles. The van der Waals surface area contributed by atoms with Crippen LogP contribution in [0.2, 0.25) is 0 Å². The van der Waals surface area contributed by atoms with Crippen molar-refractivity contribution < 1.29 is 4.74 Å². The highest BCUT2D eigenvalue weighted by atomic mass is 16.5. The first kappa shape index (κ1) is 16.2. The first-order valence-corrected chi connectivity index (χ1v) is 8.42. The lowest BCUT2D eigenvalue weighted by atomic mass is 9.97. The summed E-state index contributed by atoms with van der Waals surface area (Å²) < 4.78 is 5.76. The number of nitrogens with zero attached hydrogens (tertiary/aromatic N) is 2. The van der Waals surface area contributed by atoms with Crippen molar-refractivity contribution in [2.75, 3.05) is 46.9 Å². The average molecular weight is 283 g/mol. The van der Waals surface area contributed by atoms with Crippen LogP contribution in [-0.4, -0.2) is 74.9 Å². The van der Waals surface area contributed by atoms with Gasteiger partial charge in [0.15, 0.2) is 0 Å². The van der Waals surface area contributed by atoms with Gasteiger partial charge >= 0.3 is 0 Å². The van der Waals surface area contributed by atoms with E-state index in [1.54, 1.807) is 0 Å². The number of likely N-dealkylation sites (N-methyl/N-ethyl adjacent to an activating group) is 1. The van der Waals surface area contributed by atoms with Crippen molar-refractivity contribution in [2.45, 2.75) is 57.2 Å². The lowest BCUT2D eigenvalue weighted by Crippen LogP contribution is -2.50. The number of piperidine rings is 1. The van der Waals surface area contributed by atoms with Crippen LogP contribution in [0, 0.1) is 0 Å². The van der Waals surface area contributed by atoms with E-state index in [1.807, 2.05) is 0 Å². The first-order chi connectivity index (χ1) is 9.70. The molecule has 2 aliphatic heterocycles. The molecular weight excluding hydrogens is 250 g/mol. The van der Waals surface area contributed by atoms with Crippen LogP contribution >= 0.6 is 0 Å². The van der Waals surface area contributed by atoms with Crippen LogP contribution in [0.15, 0.2) is 0 Å². The fraction of sp³-hybridized carbons (Fsp3) is 1.00. The van der Waals surface area contributed by atoms with Crippen molar-refractivity contribution in [2.24, 2.45) is 0 Å². The van der Waals surface area contributed by atoms with Crippen LogP contribution in [-0.2, 0) is 4.74 Å². The molecule has 2 atom stereocenters. The molecule has 2 fully saturated rings. The molecule has 2 heterocycles. The zero-order chi connectivity index (χ0) is 14.4. The van der Waals surface area contributed by atoms with Gasteiger partial charge in [-0.25, -0.2) is 0 Å². The Hall–Kier alpha value is -0.160. The maximum Gasteiger partial charge on any atom is 0.0594 e. The normalized spacial score (nSPS) is 30.3. The van der Waals surface area contributed by atoms with Gasteiger partial charge in [0.2, 0.25) is 0 Å². The third kappa shape index (κ3) is 4.69. The summed E-state index contributed by atoms with van der Waals surface area (Å²) in [5.41, 5.74) is 0. The fourth-order valence-electron chi connectivity index (χ4n) is 3.67. The molecule has 0 saturated carbocycles. The highest BCUT2D eigenvalue weighted by Gasteiger charge is 2.39. The van der Waals surface area contributed by atoms with Gasteiger partial charge in [-0.05, 0) is 52.7 Å². The quantitative estimate of drug-likeness (QED) is 0.650. The molecule has 0 aromatic rings. The van der Waals surface area contributed by atoms with E-state index in [9.17, 15) is 0 Å². The molecule has 118 valence electrons. The van der Waals surface area contributed by atoms with Crippen LogP contribution in [0.5, 0.6) is 0 Å². The van der Waals surface area contributed by atoms with Crippen LogP contribution in [0.4, 0.5) is 0 Å². The summed E-state index contributed by atoms with van der Waals surface area (Å²) in [5.74, 6) is 0. The molecule has 0 aromatic carbocycles. The Morgan fingerprint density at radius 2 is 1.85 bits per heavy atom. The van der Waals surface area contributed by atoms with Gasteiger partial charge in [-0.2, -0.15) is 0 Å². The second kappa shape index (κ2) is 8.32. The van der Waals surface area contributed by atoms with Crippen molar-refractivity contribution in [3.8, 4) is 0 Å². The van der Waals surface area contributed by atoms with E-state index in [2.05, 4.69) is 36.1 Å².